The Morgan fingerprint density at radius 3 is 2.79 bits per heavy atom. The van der Waals surface area contributed by atoms with E-state index in [9.17, 15) is 9.59 Å². The van der Waals surface area contributed by atoms with Crippen LogP contribution >= 0.6 is 11.8 Å². The number of carbonyl (C=O) groups excluding carboxylic acids is 1. The Balaban J connectivity index is 2.27. The van der Waals surface area contributed by atoms with E-state index in [0.717, 1.165) is 0 Å². The van der Waals surface area contributed by atoms with Crippen molar-refractivity contribution >= 4 is 28.6 Å². The summed E-state index contributed by atoms with van der Waals surface area (Å²) < 4.78 is 11.9. The second-order valence-electron chi connectivity index (χ2n) is 5.01. The molecule has 6 nitrogen and oxygen atoms in total. The number of aromatic nitrogens is 2. The molecule has 0 saturated carbocycles. The lowest BCUT2D eigenvalue weighted by atomic mass is 10.2. The lowest BCUT2D eigenvalue weighted by molar-refractivity contribution is -0.139. The summed E-state index contributed by atoms with van der Waals surface area (Å²) in [4.78, 5) is 28.9. The van der Waals surface area contributed by atoms with Crippen molar-refractivity contribution in [2.75, 3.05) is 25.6 Å². The first-order valence-electron chi connectivity index (χ1n) is 8.03. The molecule has 0 aliphatic heterocycles. The maximum Gasteiger partial charge on any atom is 0.316 e. The average molecular weight is 350 g/mol. The molecule has 1 aromatic heterocycles. The molecule has 0 saturated heterocycles. The number of fused-ring (bicyclic) bond motifs is 1. The molecule has 1 heterocycles. The molecule has 0 radical (unpaired) electrons. The summed E-state index contributed by atoms with van der Waals surface area (Å²) in [6.45, 7) is 5.77. The number of benzene rings is 1. The lowest BCUT2D eigenvalue weighted by Crippen LogP contribution is -2.24. The average Bonchev–Trinajstić information content (AvgIpc) is 2.59. The molecule has 0 atom stereocenters. The van der Waals surface area contributed by atoms with Gasteiger partial charge in [-0.1, -0.05) is 23.9 Å². The fourth-order valence-corrected chi connectivity index (χ4v) is 3.07. The van der Waals surface area contributed by atoms with Gasteiger partial charge in [0.1, 0.15) is 0 Å². The zero-order valence-corrected chi connectivity index (χ0v) is 14.8. The Morgan fingerprint density at radius 1 is 1.25 bits per heavy atom. The number of para-hydroxylation sites is 1. The molecule has 0 aliphatic carbocycles. The minimum Gasteiger partial charge on any atom is -0.465 e. The summed E-state index contributed by atoms with van der Waals surface area (Å²) in [5, 5.41) is 1.11. The highest BCUT2D eigenvalue weighted by atomic mass is 32.2. The number of carbonyl (C=O) groups is 1. The number of rotatable bonds is 9. The topological polar surface area (TPSA) is 70.4 Å². The maximum absolute atomic E-state index is 12.7. The Hall–Kier alpha value is -1.86. The van der Waals surface area contributed by atoms with Gasteiger partial charge in [0, 0.05) is 19.8 Å². The van der Waals surface area contributed by atoms with Gasteiger partial charge in [0.25, 0.3) is 5.56 Å². The molecular formula is C17H22N2O4S. The largest absolute Gasteiger partial charge is 0.465 e. The number of nitrogens with zero attached hydrogens (tertiary/aromatic N) is 2. The van der Waals surface area contributed by atoms with Crippen molar-refractivity contribution in [2.24, 2.45) is 0 Å². The fraction of sp³-hybridized carbons (Fsp3) is 0.471. The predicted octanol–water partition coefficient (Wildman–Crippen LogP) is 2.48. The molecule has 2 aromatic rings. The first kappa shape index (κ1) is 18.5. The number of hydrogen-bond acceptors (Lipinski definition) is 6. The molecule has 0 unspecified atom stereocenters. The van der Waals surface area contributed by atoms with Gasteiger partial charge in [-0.05, 0) is 32.4 Å². The quantitative estimate of drug-likeness (QED) is 0.299. The summed E-state index contributed by atoms with van der Waals surface area (Å²) in [7, 11) is 0. The molecule has 24 heavy (non-hydrogen) atoms. The van der Waals surface area contributed by atoms with Gasteiger partial charge in [-0.2, -0.15) is 0 Å². The van der Waals surface area contributed by atoms with Gasteiger partial charge in [-0.15, -0.1) is 0 Å². The molecule has 0 N–H and O–H groups in total. The van der Waals surface area contributed by atoms with Crippen LogP contribution in [-0.4, -0.2) is 41.1 Å². The SMILES string of the molecule is CCOCCCn1c(SCC(=O)OCC)nc2ccccc2c1=O. The van der Waals surface area contributed by atoms with Crippen LogP contribution in [0.5, 0.6) is 0 Å². The molecule has 0 fully saturated rings. The number of hydrogen-bond donors (Lipinski definition) is 0. The molecule has 0 spiro atoms. The Bertz CT molecular complexity index is 745. The second-order valence-corrected chi connectivity index (χ2v) is 5.95. The van der Waals surface area contributed by atoms with Crippen LogP contribution in [0.2, 0.25) is 0 Å². The number of esters is 1. The van der Waals surface area contributed by atoms with Crippen molar-refractivity contribution in [2.45, 2.75) is 32.0 Å². The fourth-order valence-electron chi connectivity index (χ4n) is 2.25. The van der Waals surface area contributed by atoms with Crippen LogP contribution in [0, 0.1) is 0 Å². The second kappa shape index (κ2) is 9.44. The Labute approximate surface area is 145 Å². The van der Waals surface area contributed by atoms with Gasteiger partial charge in [0.05, 0.1) is 23.3 Å². The summed E-state index contributed by atoms with van der Waals surface area (Å²) >= 11 is 1.22. The Morgan fingerprint density at radius 2 is 2.04 bits per heavy atom. The third kappa shape index (κ3) is 4.82. The van der Waals surface area contributed by atoms with Crippen molar-refractivity contribution in [1.82, 2.24) is 9.55 Å². The van der Waals surface area contributed by atoms with E-state index in [1.807, 2.05) is 19.1 Å². The van der Waals surface area contributed by atoms with Crippen molar-refractivity contribution in [3.8, 4) is 0 Å². The van der Waals surface area contributed by atoms with Crippen LogP contribution in [0.25, 0.3) is 10.9 Å². The normalized spacial score (nSPS) is 10.9. The smallest absolute Gasteiger partial charge is 0.316 e. The predicted molar refractivity (Wildman–Crippen MR) is 94.5 cm³/mol. The van der Waals surface area contributed by atoms with Gasteiger partial charge in [0.2, 0.25) is 0 Å². The third-order valence-corrected chi connectivity index (χ3v) is 4.28. The van der Waals surface area contributed by atoms with E-state index in [-0.39, 0.29) is 17.3 Å². The van der Waals surface area contributed by atoms with Gasteiger partial charge in [0.15, 0.2) is 5.16 Å². The molecule has 0 amide bonds. The van der Waals surface area contributed by atoms with E-state index in [1.165, 1.54) is 11.8 Å². The summed E-state index contributed by atoms with van der Waals surface area (Å²) in [5.41, 5.74) is 0.540. The molecule has 0 aliphatic rings. The van der Waals surface area contributed by atoms with Crippen molar-refractivity contribution in [1.29, 1.82) is 0 Å². The van der Waals surface area contributed by atoms with E-state index >= 15 is 0 Å². The summed E-state index contributed by atoms with van der Waals surface area (Å²) in [5.74, 6) is -0.185. The van der Waals surface area contributed by atoms with Crippen LogP contribution in [0.15, 0.2) is 34.2 Å². The van der Waals surface area contributed by atoms with Gasteiger partial charge < -0.3 is 9.47 Å². The highest BCUT2D eigenvalue weighted by molar-refractivity contribution is 7.99. The highest BCUT2D eigenvalue weighted by Gasteiger charge is 2.13. The van der Waals surface area contributed by atoms with Crippen LogP contribution < -0.4 is 5.56 Å². The van der Waals surface area contributed by atoms with Gasteiger partial charge >= 0.3 is 5.97 Å². The standard InChI is InChI=1S/C17H22N2O4S/c1-3-22-11-7-10-19-16(21)13-8-5-6-9-14(13)18-17(19)24-12-15(20)23-4-2/h5-6,8-9H,3-4,7,10-12H2,1-2H3. The Kier molecular flexibility index (Phi) is 7.27. The minimum absolute atomic E-state index is 0.0940. The molecule has 2 rings (SSSR count). The van der Waals surface area contributed by atoms with Gasteiger partial charge in [-0.25, -0.2) is 4.98 Å². The van der Waals surface area contributed by atoms with E-state index in [1.54, 1.807) is 23.6 Å². The van der Waals surface area contributed by atoms with Crippen LogP contribution in [-0.2, 0) is 20.8 Å². The van der Waals surface area contributed by atoms with E-state index in [4.69, 9.17) is 9.47 Å². The zero-order chi connectivity index (χ0) is 17.4. The van der Waals surface area contributed by atoms with Crippen LogP contribution in [0.4, 0.5) is 0 Å². The maximum atomic E-state index is 12.7. The highest BCUT2D eigenvalue weighted by Crippen LogP contribution is 2.18. The number of thioether (sulfide) groups is 1. The zero-order valence-electron chi connectivity index (χ0n) is 14.0. The first-order valence-corrected chi connectivity index (χ1v) is 9.01. The van der Waals surface area contributed by atoms with E-state index in [2.05, 4.69) is 4.98 Å². The van der Waals surface area contributed by atoms with Crippen LogP contribution in [0.3, 0.4) is 0 Å². The number of ether oxygens (including phenoxy) is 2. The molecule has 0 bridgehead atoms. The summed E-state index contributed by atoms with van der Waals surface area (Å²) in [6.07, 6.45) is 0.709. The lowest BCUT2D eigenvalue weighted by Gasteiger charge is -2.13. The molecule has 7 heteroatoms. The van der Waals surface area contributed by atoms with Crippen LogP contribution in [0.1, 0.15) is 20.3 Å². The third-order valence-electron chi connectivity index (χ3n) is 3.33. The van der Waals surface area contributed by atoms with Crippen molar-refractivity contribution in [3.63, 3.8) is 0 Å². The van der Waals surface area contributed by atoms with Crippen molar-refractivity contribution < 1.29 is 14.3 Å². The molecule has 130 valence electrons. The molecule has 1 aromatic carbocycles. The molecular weight excluding hydrogens is 328 g/mol. The first-order chi connectivity index (χ1) is 11.7. The van der Waals surface area contributed by atoms with E-state index in [0.29, 0.717) is 48.8 Å². The van der Waals surface area contributed by atoms with E-state index < -0.39 is 0 Å². The van der Waals surface area contributed by atoms with Crippen molar-refractivity contribution in [3.05, 3.63) is 34.6 Å². The minimum atomic E-state index is -0.314. The monoisotopic (exact) mass is 350 g/mol. The summed E-state index contributed by atoms with van der Waals surface area (Å²) in [6, 6.07) is 7.23. The van der Waals surface area contributed by atoms with Gasteiger partial charge in [-0.3, -0.25) is 14.2 Å².